The third kappa shape index (κ3) is 1.74. The largest absolute Gasteiger partial charge is 0.340 e. The van der Waals surface area contributed by atoms with Crippen LogP contribution in [-0.2, 0) is 0 Å². The summed E-state index contributed by atoms with van der Waals surface area (Å²) in [6.07, 6.45) is 3.56. The summed E-state index contributed by atoms with van der Waals surface area (Å²) in [7, 11) is 0. The third-order valence-corrected chi connectivity index (χ3v) is 2.86. The van der Waals surface area contributed by atoms with E-state index in [4.69, 9.17) is 10.3 Å². The van der Waals surface area contributed by atoms with E-state index in [1.807, 2.05) is 30.5 Å². The lowest BCUT2D eigenvalue weighted by atomic mass is 10.0. The first kappa shape index (κ1) is 10.9. The van der Waals surface area contributed by atoms with Crippen molar-refractivity contribution in [2.45, 2.75) is 13.0 Å². The smallest absolute Gasteiger partial charge is 0.223 e. The standard InChI is InChI=1S/C13H12N4O/c1-8-16-13(17-18-8)12(14)11-7-15-6-9-4-2-3-5-10(9)11/h2-7,12H,14H2,1H3. The SMILES string of the molecule is Cc1nc(C(N)c2cncc3ccccc23)no1. The molecule has 1 atom stereocenters. The summed E-state index contributed by atoms with van der Waals surface area (Å²) in [5.41, 5.74) is 7.07. The number of benzene rings is 1. The summed E-state index contributed by atoms with van der Waals surface area (Å²) >= 11 is 0. The first-order valence-electron chi connectivity index (χ1n) is 5.64. The van der Waals surface area contributed by atoms with E-state index in [1.165, 1.54) is 0 Å². The van der Waals surface area contributed by atoms with E-state index in [1.54, 1.807) is 13.1 Å². The van der Waals surface area contributed by atoms with Gasteiger partial charge in [0.05, 0.1) is 6.04 Å². The van der Waals surface area contributed by atoms with Gasteiger partial charge >= 0.3 is 0 Å². The van der Waals surface area contributed by atoms with Crippen LogP contribution in [0.15, 0.2) is 41.2 Å². The van der Waals surface area contributed by atoms with E-state index in [-0.39, 0.29) is 0 Å². The molecule has 5 heteroatoms. The maximum absolute atomic E-state index is 6.17. The number of hydrogen-bond acceptors (Lipinski definition) is 5. The van der Waals surface area contributed by atoms with Gasteiger partial charge in [-0.3, -0.25) is 4.98 Å². The molecule has 2 heterocycles. The van der Waals surface area contributed by atoms with Crippen molar-refractivity contribution < 1.29 is 4.52 Å². The zero-order chi connectivity index (χ0) is 12.5. The molecule has 3 aromatic rings. The molecule has 0 saturated heterocycles. The van der Waals surface area contributed by atoms with E-state index in [0.717, 1.165) is 16.3 Å². The molecule has 2 aromatic heterocycles. The van der Waals surface area contributed by atoms with E-state index in [0.29, 0.717) is 11.7 Å². The van der Waals surface area contributed by atoms with Crippen LogP contribution in [0.2, 0.25) is 0 Å². The Morgan fingerprint density at radius 3 is 2.83 bits per heavy atom. The molecule has 90 valence electrons. The molecule has 0 amide bonds. The lowest BCUT2D eigenvalue weighted by Gasteiger charge is -2.10. The van der Waals surface area contributed by atoms with Gasteiger partial charge in [0.2, 0.25) is 5.89 Å². The van der Waals surface area contributed by atoms with Gasteiger partial charge < -0.3 is 10.3 Å². The van der Waals surface area contributed by atoms with Crippen molar-refractivity contribution in [1.82, 2.24) is 15.1 Å². The highest BCUT2D eigenvalue weighted by atomic mass is 16.5. The zero-order valence-electron chi connectivity index (χ0n) is 9.87. The molecule has 18 heavy (non-hydrogen) atoms. The van der Waals surface area contributed by atoms with Crippen molar-refractivity contribution in [2.24, 2.45) is 5.73 Å². The van der Waals surface area contributed by atoms with Gasteiger partial charge in [-0.1, -0.05) is 29.4 Å². The zero-order valence-corrected chi connectivity index (χ0v) is 9.87. The highest BCUT2D eigenvalue weighted by Gasteiger charge is 2.17. The van der Waals surface area contributed by atoms with Crippen LogP contribution in [0.5, 0.6) is 0 Å². The fourth-order valence-electron chi connectivity index (χ4n) is 1.97. The summed E-state index contributed by atoms with van der Waals surface area (Å²) in [6.45, 7) is 1.74. The highest BCUT2D eigenvalue weighted by molar-refractivity contribution is 5.85. The maximum Gasteiger partial charge on any atom is 0.223 e. The minimum atomic E-state index is -0.430. The van der Waals surface area contributed by atoms with E-state index in [2.05, 4.69) is 15.1 Å². The van der Waals surface area contributed by atoms with Gasteiger partial charge in [0.1, 0.15) is 0 Å². The van der Waals surface area contributed by atoms with Crippen LogP contribution in [0.1, 0.15) is 23.3 Å². The molecule has 1 unspecified atom stereocenters. The Morgan fingerprint density at radius 1 is 1.22 bits per heavy atom. The molecular formula is C13H12N4O. The third-order valence-electron chi connectivity index (χ3n) is 2.86. The van der Waals surface area contributed by atoms with E-state index >= 15 is 0 Å². The minimum Gasteiger partial charge on any atom is -0.340 e. The van der Waals surface area contributed by atoms with Crippen molar-refractivity contribution in [3.63, 3.8) is 0 Å². The summed E-state index contributed by atoms with van der Waals surface area (Å²) in [5.74, 6) is 0.985. The van der Waals surface area contributed by atoms with Crippen LogP contribution in [-0.4, -0.2) is 15.1 Å². The van der Waals surface area contributed by atoms with Crippen molar-refractivity contribution in [3.05, 3.63) is 53.9 Å². The Balaban J connectivity index is 2.14. The predicted molar refractivity (Wildman–Crippen MR) is 66.8 cm³/mol. The first-order chi connectivity index (χ1) is 8.75. The molecule has 0 radical (unpaired) electrons. The van der Waals surface area contributed by atoms with Crippen molar-refractivity contribution in [3.8, 4) is 0 Å². The van der Waals surface area contributed by atoms with Gasteiger partial charge in [-0.05, 0) is 5.39 Å². The Bertz CT molecular complexity index is 687. The van der Waals surface area contributed by atoms with Crippen molar-refractivity contribution >= 4 is 10.8 Å². The average Bonchev–Trinajstić information content (AvgIpc) is 2.84. The number of fused-ring (bicyclic) bond motifs is 1. The van der Waals surface area contributed by atoms with Gasteiger partial charge in [-0.2, -0.15) is 4.98 Å². The summed E-state index contributed by atoms with van der Waals surface area (Å²) in [5, 5.41) is 5.96. The number of pyridine rings is 1. The Kier molecular flexibility index (Phi) is 2.53. The predicted octanol–water partition coefficient (Wildman–Crippen LogP) is 1.97. The lowest BCUT2D eigenvalue weighted by Crippen LogP contribution is -2.14. The van der Waals surface area contributed by atoms with Crippen LogP contribution < -0.4 is 5.73 Å². The lowest BCUT2D eigenvalue weighted by molar-refractivity contribution is 0.385. The average molecular weight is 240 g/mol. The number of nitrogens with zero attached hydrogens (tertiary/aromatic N) is 3. The van der Waals surface area contributed by atoms with E-state index in [9.17, 15) is 0 Å². The van der Waals surface area contributed by atoms with Crippen LogP contribution >= 0.6 is 0 Å². The molecule has 0 aliphatic carbocycles. The maximum atomic E-state index is 6.17. The Labute approximate surface area is 104 Å². The normalized spacial score (nSPS) is 12.8. The number of rotatable bonds is 2. The highest BCUT2D eigenvalue weighted by Crippen LogP contribution is 2.24. The number of hydrogen-bond donors (Lipinski definition) is 1. The Morgan fingerprint density at radius 2 is 2.06 bits per heavy atom. The molecule has 0 aliphatic heterocycles. The number of nitrogens with two attached hydrogens (primary N) is 1. The van der Waals surface area contributed by atoms with Gasteiger partial charge in [-0.25, -0.2) is 0 Å². The van der Waals surface area contributed by atoms with Gasteiger partial charge in [-0.15, -0.1) is 0 Å². The van der Waals surface area contributed by atoms with Crippen molar-refractivity contribution in [1.29, 1.82) is 0 Å². The fourth-order valence-corrected chi connectivity index (χ4v) is 1.97. The van der Waals surface area contributed by atoms with Crippen LogP contribution in [0.4, 0.5) is 0 Å². The molecule has 0 fully saturated rings. The molecule has 0 bridgehead atoms. The monoisotopic (exact) mass is 240 g/mol. The minimum absolute atomic E-state index is 0.430. The second-order valence-corrected chi connectivity index (χ2v) is 4.10. The topological polar surface area (TPSA) is 77.8 Å². The van der Waals surface area contributed by atoms with Crippen molar-refractivity contribution in [2.75, 3.05) is 0 Å². The molecule has 2 N–H and O–H groups in total. The van der Waals surface area contributed by atoms with Crippen LogP contribution in [0.3, 0.4) is 0 Å². The number of aryl methyl sites for hydroxylation is 1. The second kappa shape index (κ2) is 4.19. The molecule has 0 saturated carbocycles. The molecule has 5 nitrogen and oxygen atoms in total. The molecular weight excluding hydrogens is 228 g/mol. The Hall–Kier alpha value is -2.27. The molecule has 0 aliphatic rings. The number of aromatic nitrogens is 3. The summed E-state index contributed by atoms with van der Waals surface area (Å²) < 4.78 is 4.96. The fraction of sp³-hybridized carbons (Fsp3) is 0.154. The van der Waals surface area contributed by atoms with Crippen LogP contribution in [0.25, 0.3) is 10.8 Å². The first-order valence-corrected chi connectivity index (χ1v) is 5.64. The molecule has 3 rings (SSSR count). The van der Waals surface area contributed by atoms with E-state index < -0.39 is 6.04 Å². The quantitative estimate of drug-likeness (QED) is 0.741. The molecule has 0 spiro atoms. The molecule has 1 aromatic carbocycles. The van der Waals surface area contributed by atoms with Gasteiger partial charge in [0.25, 0.3) is 0 Å². The summed E-state index contributed by atoms with van der Waals surface area (Å²) in [4.78, 5) is 8.36. The second-order valence-electron chi connectivity index (χ2n) is 4.10. The van der Waals surface area contributed by atoms with Gasteiger partial charge in [0.15, 0.2) is 5.82 Å². The van der Waals surface area contributed by atoms with Gasteiger partial charge in [0, 0.05) is 30.3 Å². The van der Waals surface area contributed by atoms with Crippen LogP contribution in [0, 0.1) is 6.92 Å². The summed E-state index contributed by atoms with van der Waals surface area (Å²) in [6, 6.07) is 7.53.